The number of hydrogen-bond acceptors (Lipinski definition) is 5. The number of esters is 1. The van der Waals surface area contributed by atoms with Gasteiger partial charge in [-0.05, 0) is 19.8 Å². The Hall–Kier alpha value is -1.34. The minimum Gasteiger partial charge on any atom is -0.469 e. The van der Waals surface area contributed by atoms with Crippen LogP contribution in [0, 0.1) is 11.8 Å². The molecule has 1 N–H and O–H groups in total. The SMILES string of the molecule is CCNC(=NCC(C)N1CCOCC1)N1CC(C)C(C(=O)OC)C1. The smallest absolute Gasteiger partial charge is 0.310 e. The molecule has 7 heteroatoms. The first-order valence-corrected chi connectivity index (χ1v) is 8.99. The molecule has 24 heavy (non-hydrogen) atoms. The van der Waals surface area contributed by atoms with E-state index in [0.717, 1.165) is 51.9 Å². The first kappa shape index (κ1) is 19.0. The molecule has 0 saturated carbocycles. The second kappa shape index (κ2) is 9.22. The molecule has 0 aromatic heterocycles. The summed E-state index contributed by atoms with van der Waals surface area (Å²) >= 11 is 0. The molecular weight excluding hydrogens is 308 g/mol. The summed E-state index contributed by atoms with van der Waals surface area (Å²) in [7, 11) is 1.46. The number of guanidine groups is 1. The molecule has 2 heterocycles. The lowest BCUT2D eigenvalue weighted by atomic mass is 9.99. The highest BCUT2D eigenvalue weighted by Gasteiger charge is 2.36. The molecule has 0 aliphatic carbocycles. The number of ether oxygens (including phenoxy) is 2. The van der Waals surface area contributed by atoms with Crippen molar-refractivity contribution in [1.29, 1.82) is 0 Å². The Bertz CT molecular complexity index is 438. The van der Waals surface area contributed by atoms with Crippen LogP contribution in [-0.4, -0.2) is 87.4 Å². The summed E-state index contributed by atoms with van der Waals surface area (Å²) in [6.07, 6.45) is 0. The number of likely N-dealkylation sites (tertiary alicyclic amines) is 1. The summed E-state index contributed by atoms with van der Waals surface area (Å²) in [5.74, 6) is 0.979. The molecule has 2 aliphatic rings. The van der Waals surface area contributed by atoms with Crippen molar-refractivity contribution in [2.45, 2.75) is 26.8 Å². The highest BCUT2D eigenvalue weighted by molar-refractivity contribution is 5.82. The molecule has 138 valence electrons. The van der Waals surface area contributed by atoms with Crippen LogP contribution in [-0.2, 0) is 14.3 Å². The third-order valence-corrected chi connectivity index (χ3v) is 4.93. The van der Waals surface area contributed by atoms with E-state index in [1.165, 1.54) is 7.11 Å². The van der Waals surface area contributed by atoms with Gasteiger partial charge in [0.15, 0.2) is 5.96 Å². The van der Waals surface area contributed by atoms with Crippen molar-refractivity contribution < 1.29 is 14.3 Å². The number of nitrogens with one attached hydrogen (secondary N) is 1. The lowest BCUT2D eigenvalue weighted by Crippen LogP contribution is -2.45. The summed E-state index contributed by atoms with van der Waals surface area (Å²) in [4.78, 5) is 21.3. The molecule has 2 fully saturated rings. The molecular formula is C17H32N4O3. The van der Waals surface area contributed by atoms with Gasteiger partial charge in [-0.25, -0.2) is 0 Å². The maximum atomic E-state index is 11.9. The Morgan fingerprint density at radius 2 is 2.08 bits per heavy atom. The molecule has 0 aromatic carbocycles. The average molecular weight is 340 g/mol. The topological polar surface area (TPSA) is 66.4 Å². The van der Waals surface area contributed by atoms with Crippen molar-refractivity contribution in [2.24, 2.45) is 16.8 Å². The normalized spacial score (nSPS) is 27.2. The van der Waals surface area contributed by atoms with Crippen molar-refractivity contribution in [3.63, 3.8) is 0 Å². The van der Waals surface area contributed by atoms with Gasteiger partial charge in [-0.3, -0.25) is 14.7 Å². The summed E-state index contributed by atoms with van der Waals surface area (Å²) in [5, 5.41) is 3.36. The van der Waals surface area contributed by atoms with Crippen LogP contribution >= 0.6 is 0 Å². The van der Waals surface area contributed by atoms with Crippen LogP contribution in [0.25, 0.3) is 0 Å². The fraction of sp³-hybridized carbons (Fsp3) is 0.882. The molecule has 2 aliphatic heterocycles. The Morgan fingerprint density at radius 3 is 2.71 bits per heavy atom. The van der Waals surface area contributed by atoms with Gasteiger partial charge < -0.3 is 19.7 Å². The van der Waals surface area contributed by atoms with E-state index in [1.54, 1.807) is 0 Å². The van der Waals surface area contributed by atoms with E-state index in [-0.39, 0.29) is 17.8 Å². The minimum absolute atomic E-state index is 0.0736. The highest BCUT2D eigenvalue weighted by atomic mass is 16.5. The number of morpholine rings is 1. The van der Waals surface area contributed by atoms with E-state index < -0.39 is 0 Å². The van der Waals surface area contributed by atoms with Gasteiger partial charge in [-0.1, -0.05) is 6.92 Å². The minimum atomic E-state index is -0.123. The number of nitrogens with zero attached hydrogens (tertiary/aromatic N) is 3. The fourth-order valence-corrected chi connectivity index (χ4v) is 3.38. The molecule has 2 saturated heterocycles. The van der Waals surface area contributed by atoms with Crippen LogP contribution in [0.3, 0.4) is 0 Å². The molecule has 3 atom stereocenters. The van der Waals surface area contributed by atoms with Gasteiger partial charge in [0.2, 0.25) is 0 Å². The summed E-state index contributed by atoms with van der Waals surface area (Å²) in [5.41, 5.74) is 0. The molecule has 0 amide bonds. The predicted octanol–water partition coefficient (Wildman–Crippen LogP) is 0.414. The zero-order valence-corrected chi connectivity index (χ0v) is 15.5. The van der Waals surface area contributed by atoms with Crippen LogP contribution in [0.15, 0.2) is 4.99 Å². The second-order valence-corrected chi connectivity index (χ2v) is 6.70. The number of carbonyl (C=O) groups excluding carboxylic acids is 1. The number of carbonyl (C=O) groups is 1. The summed E-state index contributed by atoms with van der Waals surface area (Å²) in [6.45, 7) is 13.0. The Balaban J connectivity index is 1.96. The van der Waals surface area contributed by atoms with Crippen LogP contribution in [0.1, 0.15) is 20.8 Å². The van der Waals surface area contributed by atoms with Gasteiger partial charge >= 0.3 is 5.97 Å². The Kier molecular flexibility index (Phi) is 7.30. The molecule has 0 spiro atoms. The number of hydrogen-bond donors (Lipinski definition) is 1. The van der Waals surface area contributed by atoms with Gasteiger partial charge in [0.1, 0.15) is 0 Å². The molecule has 2 rings (SSSR count). The average Bonchev–Trinajstić information content (AvgIpc) is 3.00. The van der Waals surface area contributed by atoms with Crippen molar-refractivity contribution in [1.82, 2.24) is 15.1 Å². The Morgan fingerprint density at radius 1 is 1.38 bits per heavy atom. The monoisotopic (exact) mass is 340 g/mol. The van der Waals surface area contributed by atoms with E-state index >= 15 is 0 Å². The number of methoxy groups -OCH3 is 1. The van der Waals surface area contributed by atoms with E-state index in [9.17, 15) is 4.79 Å². The van der Waals surface area contributed by atoms with Gasteiger partial charge in [0.05, 0.1) is 32.8 Å². The predicted molar refractivity (Wildman–Crippen MR) is 94.1 cm³/mol. The van der Waals surface area contributed by atoms with Crippen molar-refractivity contribution >= 4 is 11.9 Å². The van der Waals surface area contributed by atoms with Gasteiger partial charge in [0.25, 0.3) is 0 Å². The molecule has 0 bridgehead atoms. The van der Waals surface area contributed by atoms with Gasteiger partial charge in [-0.2, -0.15) is 0 Å². The summed E-state index contributed by atoms with van der Waals surface area (Å²) in [6, 6.07) is 0.388. The maximum absolute atomic E-state index is 11.9. The maximum Gasteiger partial charge on any atom is 0.310 e. The third kappa shape index (κ3) is 4.83. The second-order valence-electron chi connectivity index (χ2n) is 6.70. The quantitative estimate of drug-likeness (QED) is 0.444. The van der Waals surface area contributed by atoms with Crippen molar-refractivity contribution in [3.8, 4) is 0 Å². The van der Waals surface area contributed by atoms with E-state index in [1.807, 2.05) is 0 Å². The van der Waals surface area contributed by atoms with Crippen LogP contribution < -0.4 is 5.32 Å². The fourth-order valence-electron chi connectivity index (χ4n) is 3.38. The van der Waals surface area contributed by atoms with E-state index in [0.29, 0.717) is 12.6 Å². The van der Waals surface area contributed by atoms with Gasteiger partial charge in [0, 0.05) is 38.8 Å². The largest absolute Gasteiger partial charge is 0.469 e. The van der Waals surface area contributed by atoms with Gasteiger partial charge in [-0.15, -0.1) is 0 Å². The first-order chi connectivity index (χ1) is 11.6. The zero-order chi connectivity index (χ0) is 17.5. The third-order valence-electron chi connectivity index (χ3n) is 4.93. The summed E-state index contributed by atoms with van der Waals surface area (Å²) < 4.78 is 10.3. The van der Waals surface area contributed by atoms with Crippen LogP contribution in [0.2, 0.25) is 0 Å². The zero-order valence-electron chi connectivity index (χ0n) is 15.5. The molecule has 3 unspecified atom stereocenters. The van der Waals surface area contributed by atoms with E-state index in [4.69, 9.17) is 14.5 Å². The molecule has 0 aromatic rings. The van der Waals surface area contributed by atoms with Crippen molar-refractivity contribution in [2.75, 3.05) is 59.6 Å². The number of aliphatic imine (C=N–C) groups is 1. The Labute approximate surface area is 145 Å². The number of rotatable bonds is 5. The van der Waals surface area contributed by atoms with Crippen LogP contribution in [0.4, 0.5) is 0 Å². The first-order valence-electron chi connectivity index (χ1n) is 8.99. The molecule has 0 radical (unpaired) electrons. The lowest BCUT2D eigenvalue weighted by Gasteiger charge is -2.31. The molecule has 7 nitrogen and oxygen atoms in total. The van der Waals surface area contributed by atoms with Crippen LogP contribution in [0.5, 0.6) is 0 Å². The lowest BCUT2D eigenvalue weighted by molar-refractivity contribution is -0.145. The standard InChI is InChI=1S/C17H32N4O3/c1-5-18-17(19-10-14(3)20-6-8-24-9-7-20)21-11-13(2)15(12-21)16(22)23-4/h13-15H,5-12H2,1-4H3,(H,18,19). The van der Waals surface area contributed by atoms with E-state index in [2.05, 4.69) is 35.9 Å². The highest BCUT2D eigenvalue weighted by Crippen LogP contribution is 2.24. The van der Waals surface area contributed by atoms with Crippen molar-refractivity contribution in [3.05, 3.63) is 0 Å².